The van der Waals surface area contributed by atoms with E-state index in [1.165, 1.54) is 18.1 Å². The van der Waals surface area contributed by atoms with Gasteiger partial charge in [-0.3, -0.25) is 5.32 Å². The Hall–Kier alpha value is -1.67. The lowest BCUT2D eigenvalue weighted by molar-refractivity contribution is 0.0636. The quantitative estimate of drug-likeness (QED) is 0.834. The molecule has 1 saturated heterocycles. The molecule has 2 rings (SSSR count). The Bertz CT molecular complexity index is 625. The van der Waals surface area contributed by atoms with Crippen molar-refractivity contribution < 1.29 is 23.0 Å². The third-order valence-corrected chi connectivity index (χ3v) is 3.72. The fourth-order valence-corrected chi connectivity index (χ4v) is 2.44. The van der Waals surface area contributed by atoms with Crippen LogP contribution >= 0.6 is 11.6 Å². The lowest BCUT2D eigenvalue weighted by atomic mass is 10.2. The van der Waals surface area contributed by atoms with Crippen molar-refractivity contribution in [2.45, 2.75) is 38.6 Å². The average Bonchev–Trinajstić information content (AvgIpc) is 2.82. The molecule has 1 aliphatic rings. The van der Waals surface area contributed by atoms with Gasteiger partial charge >= 0.3 is 6.09 Å². The summed E-state index contributed by atoms with van der Waals surface area (Å²) >= 11 is 5.85. The first-order valence-electron chi connectivity index (χ1n) is 7.38. The maximum absolute atomic E-state index is 14.0. The zero-order chi connectivity index (χ0) is 18.1. The van der Waals surface area contributed by atoms with E-state index in [1.807, 2.05) is 0 Å². The van der Waals surface area contributed by atoms with Crippen LogP contribution in [0.3, 0.4) is 0 Å². The second-order valence-electron chi connectivity index (χ2n) is 6.45. The lowest BCUT2D eigenvalue weighted by Crippen LogP contribution is -2.28. The monoisotopic (exact) mass is 363 g/mol. The maximum atomic E-state index is 14.0. The number of amides is 1. The summed E-state index contributed by atoms with van der Waals surface area (Å²) in [5, 5.41) is 2.04. The molecule has 2 atom stereocenters. The van der Waals surface area contributed by atoms with E-state index < -0.39 is 29.9 Å². The number of hydrogen-bond acceptors (Lipinski definition) is 5. The van der Waals surface area contributed by atoms with Gasteiger partial charge in [0, 0.05) is 19.7 Å². The number of aromatic nitrogens is 1. The zero-order valence-electron chi connectivity index (χ0n) is 13.9. The van der Waals surface area contributed by atoms with Crippen LogP contribution in [0.1, 0.15) is 20.8 Å². The van der Waals surface area contributed by atoms with E-state index in [9.17, 15) is 13.6 Å². The van der Waals surface area contributed by atoms with Crippen molar-refractivity contribution >= 4 is 29.2 Å². The SMILES string of the molecule is CO[C@H]1CN(c2cc(NC(=O)OC(C)(C)C)c(Cl)c(F)n2)C[C@H]1F. The number of carbonyl (C=O) groups excluding carboxylic acids is 1. The van der Waals surface area contributed by atoms with Gasteiger partial charge in [-0.25, -0.2) is 14.2 Å². The maximum Gasteiger partial charge on any atom is 0.412 e. The van der Waals surface area contributed by atoms with Crippen molar-refractivity contribution in [1.82, 2.24) is 4.98 Å². The highest BCUT2D eigenvalue weighted by Crippen LogP contribution is 2.31. The fraction of sp³-hybridized carbons (Fsp3) is 0.600. The van der Waals surface area contributed by atoms with Crippen molar-refractivity contribution in [3.63, 3.8) is 0 Å². The number of halogens is 3. The van der Waals surface area contributed by atoms with Gasteiger partial charge < -0.3 is 14.4 Å². The minimum absolute atomic E-state index is 0.00434. The van der Waals surface area contributed by atoms with Gasteiger partial charge in [-0.15, -0.1) is 0 Å². The molecule has 1 aliphatic heterocycles. The smallest absolute Gasteiger partial charge is 0.412 e. The molecule has 0 unspecified atom stereocenters. The summed E-state index contributed by atoms with van der Waals surface area (Å²) in [7, 11) is 1.41. The third-order valence-electron chi connectivity index (χ3n) is 3.36. The summed E-state index contributed by atoms with van der Waals surface area (Å²) < 4.78 is 37.9. The van der Waals surface area contributed by atoms with Gasteiger partial charge in [-0.05, 0) is 20.8 Å². The van der Waals surface area contributed by atoms with E-state index >= 15 is 0 Å². The van der Waals surface area contributed by atoms with Gasteiger partial charge in [-0.2, -0.15) is 4.39 Å². The van der Waals surface area contributed by atoms with Crippen molar-refractivity contribution in [1.29, 1.82) is 0 Å². The van der Waals surface area contributed by atoms with Crippen molar-refractivity contribution in [3.05, 3.63) is 17.0 Å². The topological polar surface area (TPSA) is 63.7 Å². The molecule has 0 aromatic carbocycles. The highest BCUT2D eigenvalue weighted by molar-refractivity contribution is 6.33. The molecule has 0 bridgehead atoms. The Morgan fingerprint density at radius 2 is 2.12 bits per heavy atom. The minimum atomic E-state index is -1.21. The molecular formula is C15H20ClF2N3O3. The summed E-state index contributed by atoms with van der Waals surface area (Å²) in [4.78, 5) is 17.1. The zero-order valence-corrected chi connectivity index (χ0v) is 14.7. The Balaban J connectivity index is 2.21. The number of rotatable bonds is 3. The molecule has 9 heteroatoms. The third kappa shape index (κ3) is 4.45. The molecule has 2 heterocycles. The number of nitrogens with one attached hydrogen (secondary N) is 1. The highest BCUT2D eigenvalue weighted by atomic mass is 35.5. The standard InChI is InChI=1S/C15H20ClF2N3O3/c1-15(2,3)24-14(22)19-9-5-11(20-13(18)12(9)16)21-6-8(17)10(7-21)23-4/h5,8,10H,6-7H2,1-4H3,(H,19,20,22)/t8-,10+/m1/s1. The first-order valence-corrected chi connectivity index (χ1v) is 7.76. The summed E-state index contributed by atoms with van der Waals surface area (Å²) in [6, 6.07) is 1.38. The van der Waals surface area contributed by atoms with Crippen LogP contribution in [-0.2, 0) is 9.47 Å². The molecule has 1 aromatic heterocycles. The van der Waals surface area contributed by atoms with Gasteiger partial charge in [0.2, 0.25) is 5.95 Å². The first kappa shape index (κ1) is 18.7. The Morgan fingerprint density at radius 1 is 1.46 bits per heavy atom. The van der Waals surface area contributed by atoms with Crippen LogP contribution in [-0.4, -0.2) is 49.2 Å². The number of hydrogen-bond donors (Lipinski definition) is 1. The Morgan fingerprint density at radius 3 is 2.67 bits per heavy atom. The van der Waals surface area contributed by atoms with Gasteiger partial charge in [0.05, 0.1) is 12.2 Å². The molecule has 1 N–H and O–H groups in total. The van der Waals surface area contributed by atoms with Gasteiger partial charge in [0.15, 0.2) is 0 Å². The number of ether oxygens (including phenoxy) is 2. The summed E-state index contributed by atoms with van der Waals surface area (Å²) in [5.41, 5.74) is -0.711. The predicted octanol–water partition coefficient (Wildman–Crippen LogP) is 3.39. The van der Waals surface area contributed by atoms with Crippen LogP contribution in [0.5, 0.6) is 0 Å². The molecule has 134 valence electrons. The van der Waals surface area contributed by atoms with E-state index in [4.69, 9.17) is 21.1 Å². The van der Waals surface area contributed by atoms with Gasteiger partial charge in [0.25, 0.3) is 0 Å². The molecule has 6 nitrogen and oxygen atoms in total. The van der Waals surface area contributed by atoms with E-state index in [0.29, 0.717) is 0 Å². The molecule has 0 radical (unpaired) electrons. The summed E-state index contributed by atoms with van der Waals surface area (Å²) in [6.07, 6.45) is -2.61. The molecule has 1 fully saturated rings. The second kappa shape index (κ2) is 7.06. The minimum Gasteiger partial charge on any atom is -0.444 e. The average molecular weight is 364 g/mol. The molecule has 24 heavy (non-hydrogen) atoms. The lowest BCUT2D eigenvalue weighted by Gasteiger charge is -2.21. The number of pyridine rings is 1. The van der Waals surface area contributed by atoms with E-state index in [0.717, 1.165) is 0 Å². The molecule has 0 saturated carbocycles. The van der Waals surface area contributed by atoms with Crippen LogP contribution in [0.4, 0.5) is 25.1 Å². The highest BCUT2D eigenvalue weighted by Gasteiger charge is 2.34. The van der Waals surface area contributed by atoms with E-state index in [-0.39, 0.29) is 29.6 Å². The first-order chi connectivity index (χ1) is 11.1. The molecule has 0 aliphatic carbocycles. The van der Waals surface area contributed by atoms with Gasteiger partial charge in [0.1, 0.15) is 28.7 Å². The number of carbonyl (C=O) groups is 1. The van der Waals surface area contributed by atoms with Crippen molar-refractivity contribution in [3.8, 4) is 0 Å². The van der Waals surface area contributed by atoms with Gasteiger partial charge in [-0.1, -0.05) is 11.6 Å². The van der Waals surface area contributed by atoms with Crippen molar-refractivity contribution in [2.75, 3.05) is 30.4 Å². The number of alkyl halides is 1. The summed E-state index contributed by atoms with van der Waals surface area (Å²) in [5.74, 6) is -0.804. The largest absolute Gasteiger partial charge is 0.444 e. The van der Waals surface area contributed by atoms with E-state index in [2.05, 4.69) is 10.3 Å². The van der Waals surface area contributed by atoms with Crippen LogP contribution in [0.2, 0.25) is 5.02 Å². The number of nitrogens with zero attached hydrogens (tertiary/aromatic N) is 2. The predicted molar refractivity (Wildman–Crippen MR) is 87.0 cm³/mol. The molecular weight excluding hydrogens is 344 g/mol. The van der Waals surface area contributed by atoms with Crippen LogP contribution < -0.4 is 10.2 Å². The van der Waals surface area contributed by atoms with Crippen LogP contribution in [0.25, 0.3) is 0 Å². The normalized spacial score (nSPS) is 21.0. The second-order valence-corrected chi connectivity index (χ2v) is 6.83. The van der Waals surface area contributed by atoms with E-state index in [1.54, 1.807) is 20.8 Å². The van der Waals surface area contributed by atoms with Crippen molar-refractivity contribution in [2.24, 2.45) is 0 Å². The fourth-order valence-electron chi connectivity index (χ4n) is 2.30. The summed E-state index contributed by atoms with van der Waals surface area (Å²) in [6.45, 7) is 5.33. The number of methoxy groups -OCH3 is 1. The Kier molecular flexibility index (Phi) is 5.49. The molecule has 1 amide bonds. The van der Waals surface area contributed by atoms with Crippen LogP contribution in [0.15, 0.2) is 6.07 Å². The molecule has 1 aromatic rings. The number of anilines is 2. The molecule has 0 spiro atoms. The van der Waals surface area contributed by atoms with Crippen LogP contribution in [0, 0.1) is 5.95 Å². The Labute approximate surface area is 144 Å².